The number of amides is 1. The minimum absolute atomic E-state index is 0.0897. The first-order valence-corrected chi connectivity index (χ1v) is 13.7. The standard InChI is InChI=1S/C31H48N2O6/c1-21(2)23(17-22-9-14-28(38-7)29(18-22)39-16-8-15-36-5)19-26(32)27(34)20-33-30(35)31(3,4)24-10-12-25(37-6)13-11-24/h9-14,18,21,23,26-27,34H,8,15-17,19-20,32H2,1-7H3,(H,33,35)/t23-,26-,27-/m0/s1. The molecule has 8 nitrogen and oxygen atoms in total. The van der Waals surface area contributed by atoms with Crippen molar-refractivity contribution in [3.05, 3.63) is 53.6 Å². The fraction of sp³-hybridized carbons (Fsp3) is 0.581. The van der Waals surface area contributed by atoms with E-state index in [1.54, 1.807) is 21.3 Å². The summed E-state index contributed by atoms with van der Waals surface area (Å²) in [7, 11) is 4.91. The first-order chi connectivity index (χ1) is 18.5. The maximum atomic E-state index is 13.0. The molecule has 0 saturated carbocycles. The lowest BCUT2D eigenvalue weighted by atomic mass is 9.82. The molecule has 4 N–H and O–H groups in total. The van der Waals surface area contributed by atoms with Crippen LogP contribution in [0.15, 0.2) is 42.5 Å². The fourth-order valence-electron chi connectivity index (χ4n) is 4.46. The maximum Gasteiger partial charge on any atom is 0.230 e. The number of methoxy groups -OCH3 is 3. The van der Waals surface area contributed by atoms with Gasteiger partial charge in [-0.1, -0.05) is 32.0 Å². The Labute approximate surface area is 234 Å². The number of hydrogen-bond acceptors (Lipinski definition) is 7. The van der Waals surface area contributed by atoms with Crippen LogP contribution in [-0.4, -0.2) is 64.2 Å². The van der Waals surface area contributed by atoms with Crippen molar-refractivity contribution >= 4 is 5.91 Å². The summed E-state index contributed by atoms with van der Waals surface area (Å²) in [5, 5.41) is 13.7. The molecule has 0 heterocycles. The van der Waals surface area contributed by atoms with Gasteiger partial charge in [-0.25, -0.2) is 0 Å². The number of carbonyl (C=O) groups is 1. The second-order valence-electron chi connectivity index (χ2n) is 10.9. The number of benzene rings is 2. The third-order valence-corrected chi connectivity index (χ3v) is 7.34. The molecular formula is C31H48N2O6. The van der Waals surface area contributed by atoms with E-state index >= 15 is 0 Å². The van der Waals surface area contributed by atoms with Crippen molar-refractivity contribution in [3.8, 4) is 17.2 Å². The molecule has 39 heavy (non-hydrogen) atoms. The Balaban J connectivity index is 1.98. The quantitative estimate of drug-likeness (QED) is 0.257. The third kappa shape index (κ3) is 9.71. The van der Waals surface area contributed by atoms with Gasteiger partial charge in [0.1, 0.15) is 5.75 Å². The van der Waals surface area contributed by atoms with Gasteiger partial charge in [0.2, 0.25) is 5.91 Å². The normalized spacial score (nSPS) is 14.0. The van der Waals surface area contributed by atoms with Crippen LogP contribution in [-0.2, 0) is 21.4 Å². The van der Waals surface area contributed by atoms with Crippen LogP contribution in [0.2, 0.25) is 0 Å². The molecule has 0 spiro atoms. The van der Waals surface area contributed by atoms with Gasteiger partial charge in [-0.2, -0.15) is 0 Å². The van der Waals surface area contributed by atoms with E-state index in [2.05, 4.69) is 19.2 Å². The Morgan fingerprint density at radius 1 is 1.00 bits per heavy atom. The largest absolute Gasteiger partial charge is 0.497 e. The highest BCUT2D eigenvalue weighted by Crippen LogP contribution is 2.31. The highest BCUT2D eigenvalue weighted by Gasteiger charge is 2.31. The van der Waals surface area contributed by atoms with Crippen molar-refractivity contribution < 1.29 is 28.8 Å². The molecule has 0 aliphatic heterocycles. The molecule has 0 aromatic heterocycles. The molecule has 0 unspecified atom stereocenters. The summed E-state index contributed by atoms with van der Waals surface area (Å²) in [6, 6.07) is 12.9. The zero-order valence-electron chi connectivity index (χ0n) is 24.7. The Morgan fingerprint density at radius 2 is 1.69 bits per heavy atom. The van der Waals surface area contributed by atoms with Gasteiger partial charge in [-0.05, 0) is 73.9 Å². The second kappa shape index (κ2) is 15.7. The molecule has 3 atom stereocenters. The summed E-state index contributed by atoms with van der Waals surface area (Å²) in [5.74, 6) is 2.54. The second-order valence-corrected chi connectivity index (χ2v) is 10.9. The highest BCUT2D eigenvalue weighted by molar-refractivity contribution is 5.87. The molecule has 2 aromatic rings. The summed E-state index contributed by atoms with van der Waals surface area (Å²) in [6.45, 7) is 9.30. The van der Waals surface area contributed by atoms with Crippen LogP contribution in [0.1, 0.15) is 51.7 Å². The molecular weight excluding hydrogens is 496 g/mol. The van der Waals surface area contributed by atoms with Gasteiger partial charge in [-0.3, -0.25) is 4.79 Å². The minimum atomic E-state index is -0.864. The monoisotopic (exact) mass is 544 g/mol. The lowest BCUT2D eigenvalue weighted by molar-refractivity contribution is -0.126. The van der Waals surface area contributed by atoms with Crippen LogP contribution >= 0.6 is 0 Å². The van der Waals surface area contributed by atoms with Gasteiger partial charge >= 0.3 is 0 Å². The number of nitrogens with two attached hydrogens (primary N) is 1. The average molecular weight is 545 g/mol. The Bertz CT molecular complexity index is 1010. The Morgan fingerprint density at radius 3 is 2.28 bits per heavy atom. The Hall–Kier alpha value is -2.81. The number of aliphatic hydroxyl groups is 1. The van der Waals surface area contributed by atoms with E-state index in [9.17, 15) is 9.90 Å². The molecule has 0 aliphatic rings. The van der Waals surface area contributed by atoms with E-state index in [4.69, 9.17) is 24.7 Å². The smallest absolute Gasteiger partial charge is 0.230 e. The average Bonchev–Trinajstić information content (AvgIpc) is 2.93. The van der Waals surface area contributed by atoms with Gasteiger partial charge in [0, 0.05) is 32.7 Å². The minimum Gasteiger partial charge on any atom is -0.497 e. The van der Waals surface area contributed by atoms with Gasteiger partial charge < -0.3 is 35.1 Å². The number of nitrogens with one attached hydrogen (secondary N) is 1. The number of aliphatic hydroxyl groups excluding tert-OH is 1. The third-order valence-electron chi connectivity index (χ3n) is 7.34. The van der Waals surface area contributed by atoms with E-state index in [1.807, 2.05) is 56.3 Å². The summed E-state index contributed by atoms with van der Waals surface area (Å²) < 4.78 is 21.7. The maximum absolute atomic E-state index is 13.0. The van der Waals surface area contributed by atoms with Crippen LogP contribution < -0.4 is 25.3 Å². The van der Waals surface area contributed by atoms with E-state index < -0.39 is 17.6 Å². The number of hydrogen-bond donors (Lipinski definition) is 3. The van der Waals surface area contributed by atoms with Crippen molar-refractivity contribution in [1.82, 2.24) is 5.32 Å². The van der Waals surface area contributed by atoms with Crippen LogP contribution in [0.3, 0.4) is 0 Å². The first-order valence-electron chi connectivity index (χ1n) is 13.7. The summed E-state index contributed by atoms with van der Waals surface area (Å²) in [4.78, 5) is 13.0. The number of ether oxygens (including phenoxy) is 4. The van der Waals surface area contributed by atoms with Crippen molar-refractivity contribution in [2.45, 2.75) is 64.5 Å². The molecule has 0 fully saturated rings. The fourth-order valence-corrected chi connectivity index (χ4v) is 4.46. The number of carbonyl (C=O) groups excluding carboxylic acids is 1. The summed E-state index contributed by atoms with van der Waals surface area (Å²) in [6.07, 6.45) is 1.33. The van der Waals surface area contributed by atoms with Gasteiger partial charge in [-0.15, -0.1) is 0 Å². The van der Waals surface area contributed by atoms with Crippen molar-refractivity contribution in [2.24, 2.45) is 17.6 Å². The van der Waals surface area contributed by atoms with Crippen molar-refractivity contribution in [1.29, 1.82) is 0 Å². The molecule has 0 aliphatic carbocycles. The van der Waals surface area contributed by atoms with Crippen LogP contribution in [0.4, 0.5) is 0 Å². The zero-order chi connectivity index (χ0) is 29.0. The van der Waals surface area contributed by atoms with E-state index in [-0.39, 0.29) is 18.4 Å². The zero-order valence-corrected chi connectivity index (χ0v) is 24.7. The SMILES string of the molecule is COCCCOc1cc(C[C@@H](C[C@H](N)[C@@H](O)CNC(=O)C(C)(C)c2ccc(OC)cc2)C(C)C)ccc1OC. The van der Waals surface area contributed by atoms with Gasteiger partial charge in [0.25, 0.3) is 0 Å². The molecule has 8 heteroatoms. The molecule has 2 aromatic carbocycles. The van der Waals surface area contributed by atoms with Crippen LogP contribution in [0, 0.1) is 11.8 Å². The summed E-state index contributed by atoms with van der Waals surface area (Å²) in [5.41, 5.74) is 7.66. The predicted octanol–water partition coefficient (Wildman–Crippen LogP) is 4.11. The molecule has 1 amide bonds. The van der Waals surface area contributed by atoms with Crippen LogP contribution in [0.5, 0.6) is 17.2 Å². The lowest BCUT2D eigenvalue weighted by Gasteiger charge is -2.29. The lowest BCUT2D eigenvalue weighted by Crippen LogP contribution is -2.48. The Kier molecular flexibility index (Phi) is 13.0. The first kappa shape index (κ1) is 32.4. The highest BCUT2D eigenvalue weighted by atomic mass is 16.5. The van der Waals surface area contributed by atoms with E-state index in [0.717, 1.165) is 29.7 Å². The van der Waals surface area contributed by atoms with Crippen LogP contribution in [0.25, 0.3) is 0 Å². The molecule has 0 saturated heterocycles. The topological polar surface area (TPSA) is 112 Å². The van der Waals surface area contributed by atoms with Crippen molar-refractivity contribution in [3.63, 3.8) is 0 Å². The van der Waals surface area contributed by atoms with E-state index in [1.165, 1.54) is 0 Å². The molecule has 0 bridgehead atoms. The van der Waals surface area contributed by atoms with Gasteiger partial charge in [0.15, 0.2) is 11.5 Å². The van der Waals surface area contributed by atoms with Crippen molar-refractivity contribution in [2.75, 3.05) is 41.1 Å². The number of rotatable bonds is 17. The predicted molar refractivity (Wildman–Crippen MR) is 155 cm³/mol. The molecule has 0 radical (unpaired) electrons. The molecule has 2 rings (SSSR count). The summed E-state index contributed by atoms with van der Waals surface area (Å²) >= 11 is 0. The van der Waals surface area contributed by atoms with Gasteiger partial charge in [0.05, 0.1) is 32.3 Å². The van der Waals surface area contributed by atoms with E-state index in [0.29, 0.717) is 37.1 Å². The molecule has 218 valence electrons.